The van der Waals surface area contributed by atoms with Gasteiger partial charge in [-0.2, -0.15) is 13.2 Å². The molecule has 20 heavy (non-hydrogen) atoms. The maximum Gasteiger partial charge on any atom is 0.406 e. The van der Waals surface area contributed by atoms with Gasteiger partial charge in [-0.05, 0) is 12.5 Å². The lowest BCUT2D eigenvalue weighted by Crippen LogP contribution is -2.52. The molecule has 3 atom stereocenters. The highest BCUT2D eigenvalue weighted by atomic mass is 19.4. The first-order valence-corrected chi connectivity index (χ1v) is 6.32. The lowest BCUT2D eigenvalue weighted by atomic mass is 10.0. The molecule has 0 aliphatic carbocycles. The molecule has 0 spiro atoms. The quantitative estimate of drug-likeness (QED) is 0.551. The van der Waals surface area contributed by atoms with Crippen LogP contribution in [-0.4, -0.2) is 44.7 Å². The Morgan fingerprint density at radius 2 is 2.20 bits per heavy atom. The highest BCUT2D eigenvalue weighted by molar-refractivity contribution is 5.28. The minimum Gasteiger partial charge on any atom is -0.383 e. The lowest BCUT2D eigenvalue weighted by Gasteiger charge is -2.27. The van der Waals surface area contributed by atoms with Crippen LogP contribution in [0.4, 0.5) is 13.2 Å². The van der Waals surface area contributed by atoms with E-state index in [4.69, 9.17) is 9.47 Å². The molecule has 0 amide bonds. The molecule has 1 aliphatic heterocycles. The number of nitrogens with one attached hydrogen (secondary N) is 1. The van der Waals surface area contributed by atoms with Gasteiger partial charge < -0.3 is 9.47 Å². The molecule has 1 aliphatic rings. The van der Waals surface area contributed by atoms with E-state index in [1.165, 1.54) is 13.2 Å². The molecular formula is C14H20F3NO2. The van der Waals surface area contributed by atoms with Crippen LogP contribution in [0.15, 0.2) is 36.5 Å². The maximum atomic E-state index is 13.0. The van der Waals surface area contributed by atoms with Crippen LogP contribution in [0.2, 0.25) is 0 Å². The van der Waals surface area contributed by atoms with Crippen molar-refractivity contribution in [2.24, 2.45) is 0 Å². The number of methoxy groups -OCH3 is 1. The van der Waals surface area contributed by atoms with Crippen LogP contribution in [0.25, 0.3) is 0 Å². The van der Waals surface area contributed by atoms with Gasteiger partial charge >= 0.3 is 6.18 Å². The monoisotopic (exact) mass is 291 g/mol. The summed E-state index contributed by atoms with van der Waals surface area (Å²) < 4.78 is 48.7. The first kappa shape index (κ1) is 16.9. The van der Waals surface area contributed by atoms with Crippen molar-refractivity contribution >= 4 is 0 Å². The number of rotatable bonds is 8. The molecule has 1 saturated heterocycles. The molecule has 0 radical (unpaired) electrons. The summed E-state index contributed by atoms with van der Waals surface area (Å²) in [4.78, 5) is 0. The zero-order chi connectivity index (χ0) is 15.2. The average molecular weight is 291 g/mol. The van der Waals surface area contributed by atoms with Gasteiger partial charge in [-0.3, -0.25) is 5.32 Å². The number of hydrogen-bond acceptors (Lipinski definition) is 3. The summed E-state index contributed by atoms with van der Waals surface area (Å²) in [6.45, 7) is 5.71. The Hall–Kier alpha value is -1.11. The molecule has 1 heterocycles. The van der Waals surface area contributed by atoms with Gasteiger partial charge in [-0.1, -0.05) is 30.9 Å². The number of halogens is 3. The van der Waals surface area contributed by atoms with Crippen LogP contribution < -0.4 is 5.32 Å². The van der Waals surface area contributed by atoms with E-state index in [-0.39, 0.29) is 13.2 Å². The largest absolute Gasteiger partial charge is 0.406 e. The Kier molecular flexibility index (Phi) is 6.45. The lowest BCUT2D eigenvalue weighted by molar-refractivity contribution is -0.162. The van der Waals surface area contributed by atoms with Gasteiger partial charge in [0.1, 0.15) is 12.1 Å². The summed E-state index contributed by atoms with van der Waals surface area (Å²) in [6, 6.07) is -2.29. The summed E-state index contributed by atoms with van der Waals surface area (Å²) in [7, 11) is 1.45. The fourth-order valence-corrected chi connectivity index (χ4v) is 1.82. The number of hydrogen-bond donors (Lipinski definition) is 1. The Bertz CT molecular complexity index is 373. The minimum absolute atomic E-state index is 0.120. The van der Waals surface area contributed by atoms with Crippen LogP contribution in [0.3, 0.4) is 0 Å². The highest BCUT2D eigenvalue weighted by Gasteiger charge is 2.51. The summed E-state index contributed by atoms with van der Waals surface area (Å²) in [5, 5.41) is 2.57. The molecule has 1 fully saturated rings. The number of epoxide rings is 1. The molecule has 0 aromatic rings. The van der Waals surface area contributed by atoms with Crippen molar-refractivity contribution in [3.63, 3.8) is 0 Å². The standard InChI is InChI=1S/C14H20F3NO2/c1-4-6-7-10(5-2)11(8-19-3)18-13(12-9-20-12)14(15,16)17/h4-7,11-13,18H,2,8-9H2,1,3H3/b6-4-,10-7+. The zero-order valence-electron chi connectivity index (χ0n) is 11.6. The molecule has 1 rings (SSSR count). The van der Waals surface area contributed by atoms with Crippen molar-refractivity contribution in [1.82, 2.24) is 5.32 Å². The Labute approximate surface area is 117 Å². The fourth-order valence-electron chi connectivity index (χ4n) is 1.82. The summed E-state index contributed by atoms with van der Waals surface area (Å²) in [5.74, 6) is 0. The van der Waals surface area contributed by atoms with Gasteiger partial charge in [-0.15, -0.1) is 0 Å². The molecule has 0 aromatic carbocycles. The van der Waals surface area contributed by atoms with Crippen LogP contribution in [0.5, 0.6) is 0 Å². The smallest absolute Gasteiger partial charge is 0.383 e. The van der Waals surface area contributed by atoms with E-state index in [2.05, 4.69) is 11.9 Å². The van der Waals surface area contributed by atoms with Gasteiger partial charge in [0.15, 0.2) is 0 Å². The Balaban J connectivity index is 2.86. The van der Waals surface area contributed by atoms with Crippen molar-refractivity contribution in [1.29, 1.82) is 0 Å². The summed E-state index contributed by atoms with van der Waals surface area (Å²) in [5.41, 5.74) is 0.639. The van der Waals surface area contributed by atoms with E-state index in [0.717, 1.165) is 0 Å². The predicted octanol–water partition coefficient (Wildman–Crippen LogP) is 2.61. The van der Waals surface area contributed by atoms with Crippen LogP contribution in [0.1, 0.15) is 6.92 Å². The van der Waals surface area contributed by atoms with Gasteiger partial charge in [0.05, 0.1) is 19.3 Å². The van der Waals surface area contributed by atoms with Gasteiger partial charge in [0, 0.05) is 7.11 Å². The first-order chi connectivity index (χ1) is 9.43. The molecule has 0 bridgehead atoms. The van der Waals surface area contributed by atoms with E-state index >= 15 is 0 Å². The molecule has 114 valence electrons. The van der Waals surface area contributed by atoms with Crippen LogP contribution in [-0.2, 0) is 9.47 Å². The first-order valence-electron chi connectivity index (χ1n) is 6.32. The fraction of sp³-hybridized carbons (Fsp3) is 0.571. The van der Waals surface area contributed by atoms with E-state index in [1.54, 1.807) is 18.2 Å². The Morgan fingerprint density at radius 3 is 2.60 bits per heavy atom. The van der Waals surface area contributed by atoms with E-state index in [9.17, 15) is 13.2 Å². The topological polar surface area (TPSA) is 33.8 Å². The van der Waals surface area contributed by atoms with Gasteiger partial charge in [0.2, 0.25) is 0 Å². The second-order valence-corrected chi connectivity index (χ2v) is 4.46. The van der Waals surface area contributed by atoms with Crippen molar-refractivity contribution in [3.05, 3.63) is 36.5 Å². The van der Waals surface area contributed by atoms with Crippen molar-refractivity contribution in [2.75, 3.05) is 20.3 Å². The third kappa shape index (κ3) is 5.11. The van der Waals surface area contributed by atoms with Crippen LogP contribution >= 0.6 is 0 Å². The average Bonchev–Trinajstić information content (AvgIpc) is 3.19. The van der Waals surface area contributed by atoms with E-state index in [0.29, 0.717) is 5.57 Å². The van der Waals surface area contributed by atoms with E-state index in [1.807, 2.05) is 6.92 Å². The van der Waals surface area contributed by atoms with E-state index < -0.39 is 24.4 Å². The third-order valence-corrected chi connectivity index (χ3v) is 2.92. The molecule has 3 unspecified atom stereocenters. The number of alkyl halides is 3. The van der Waals surface area contributed by atoms with Gasteiger partial charge in [-0.25, -0.2) is 0 Å². The highest BCUT2D eigenvalue weighted by Crippen LogP contribution is 2.30. The molecular weight excluding hydrogens is 271 g/mol. The molecule has 0 aromatic heterocycles. The molecule has 6 heteroatoms. The van der Waals surface area contributed by atoms with Crippen molar-refractivity contribution in [3.8, 4) is 0 Å². The molecule has 0 saturated carbocycles. The number of ether oxygens (including phenoxy) is 2. The maximum absolute atomic E-state index is 13.0. The summed E-state index contributed by atoms with van der Waals surface area (Å²) in [6.07, 6.45) is 1.60. The van der Waals surface area contributed by atoms with Crippen LogP contribution in [0, 0.1) is 0 Å². The molecule has 1 N–H and O–H groups in total. The summed E-state index contributed by atoms with van der Waals surface area (Å²) >= 11 is 0. The SMILES string of the molecule is C=C/C(=C\C=C/C)C(COC)NC(C1CO1)C(F)(F)F. The minimum atomic E-state index is -4.36. The van der Waals surface area contributed by atoms with Crippen molar-refractivity contribution in [2.45, 2.75) is 31.3 Å². The normalized spacial score (nSPS) is 22.9. The van der Waals surface area contributed by atoms with Gasteiger partial charge in [0.25, 0.3) is 0 Å². The predicted molar refractivity (Wildman–Crippen MR) is 71.5 cm³/mol. The zero-order valence-corrected chi connectivity index (χ0v) is 11.6. The Morgan fingerprint density at radius 1 is 1.55 bits per heavy atom. The number of allylic oxidation sites excluding steroid dienone is 3. The van der Waals surface area contributed by atoms with Crippen molar-refractivity contribution < 1.29 is 22.6 Å². The molecule has 3 nitrogen and oxygen atoms in total. The second-order valence-electron chi connectivity index (χ2n) is 4.46. The third-order valence-electron chi connectivity index (χ3n) is 2.92. The second kappa shape index (κ2) is 7.61.